The Morgan fingerprint density at radius 3 is 2.04 bits per heavy atom. The minimum atomic E-state index is -0.149. The van der Waals surface area contributed by atoms with Crippen LogP contribution >= 0.6 is 0 Å². The molecule has 0 N–H and O–H groups in total. The van der Waals surface area contributed by atoms with Crippen LogP contribution < -0.4 is 0 Å². The van der Waals surface area contributed by atoms with Crippen molar-refractivity contribution >= 4 is 48.8 Å². The Morgan fingerprint density at radius 2 is 1.20 bits per heavy atom. The molecule has 1 fully saturated rings. The van der Waals surface area contributed by atoms with Crippen LogP contribution in [0.25, 0.3) is 71.2 Å². The summed E-state index contributed by atoms with van der Waals surface area (Å²) in [4.78, 5) is 5.41. The number of rotatable bonds is 5. The van der Waals surface area contributed by atoms with Crippen LogP contribution in [0.4, 0.5) is 0 Å². The molecule has 9 aromatic rings. The van der Waals surface area contributed by atoms with Gasteiger partial charge in [0.25, 0.3) is 0 Å². The lowest BCUT2D eigenvalue weighted by molar-refractivity contribution is 0.386. The summed E-state index contributed by atoms with van der Waals surface area (Å²) in [5, 5.41) is 8.90. The Labute approximate surface area is 325 Å². The Bertz CT molecular complexity index is 3270. The van der Waals surface area contributed by atoms with E-state index >= 15 is 0 Å². The van der Waals surface area contributed by atoms with Crippen molar-refractivity contribution in [1.82, 2.24) is 4.98 Å². The molecule has 4 aliphatic rings. The van der Waals surface area contributed by atoms with Crippen LogP contribution in [0.3, 0.4) is 0 Å². The molecular weight excluding hydrogens is 675 g/mol. The summed E-state index contributed by atoms with van der Waals surface area (Å²) in [6.07, 6.45) is 5.22. The number of benzene rings is 8. The molecule has 1 aromatic heterocycles. The third-order valence-corrected chi connectivity index (χ3v) is 13.6. The molecule has 4 atom stereocenters. The van der Waals surface area contributed by atoms with E-state index in [-0.39, 0.29) is 5.41 Å². The van der Waals surface area contributed by atoms with Crippen LogP contribution in [0.1, 0.15) is 22.6 Å². The second-order valence-corrected chi connectivity index (χ2v) is 16.2. The van der Waals surface area contributed by atoms with E-state index < -0.39 is 0 Å². The molecule has 0 saturated heterocycles. The van der Waals surface area contributed by atoms with Crippen molar-refractivity contribution < 1.29 is 0 Å². The van der Waals surface area contributed by atoms with Gasteiger partial charge in [-0.25, -0.2) is 4.98 Å². The van der Waals surface area contributed by atoms with E-state index in [2.05, 4.69) is 194 Å². The van der Waals surface area contributed by atoms with Gasteiger partial charge in [0.2, 0.25) is 0 Å². The fourth-order valence-corrected chi connectivity index (χ4v) is 11.2. The van der Waals surface area contributed by atoms with Gasteiger partial charge < -0.3 is 0 Å². The average Bonchev–Trinajstić information content (AvgIpc) is 3.50. The zero-order valence-corrected chi connectivity index (χ0v) is 30.7. The van der Waals surface area contributed by atoms with Crippen LogP contribution in [0.5, 0.6) is 0 Å². The first-order valence-corrected chi connectivity index (χ1v) is 19.9. The lowest BCUT2D eigenvalue weighted by atomic mass is 9.55. The molecule has 0 spiro atoms. The second kappa shape index (κ2) is 11.1. The molecule has 4 aliphatic carbocycles. The van der Waals surface area contributed by atoms with Gasteiger partial charge >= 0.3 is 0 Å². The fraction of sp³-hybridized carbons (Fsp3) is 0.0727. The molecule has 8 aromatic carbocycles. The number of nitrogens with zero attached hydrogens (tertiary/aromatic N) is 1. The lowest BCUT2D eigenvalue weighted by Gasteiger charge is -2.47. The second-order valence-electron chi connectivity index (χ2n) is 16.2. The first-order chi connectivity index (χ1) is 27.7. The number of hydrogen-bond acceptors (Lipinski definition) is 1. The molecule has 1 heterocycles. The average molecular weight is 710 g/mol. The van der Waals surface area contributed by atoms with E-state index in [0.717, 1.165) is 16.8 Å². The van der Waals surface area contributed by atoms with E-state index in [1.807, 2.05) is 0 Å². The number of allylic oxidation sites excluding steroid dienone is 6. The largest absolute Gasteiger partial charge is 0.248 e. The predicted molar refractivity (Wildman–Crippen MR) is 233 cm³/mol. The fourth-order valence-electron chi connectivity index (χ4n) is 11.2. The first-order valence-electron chi connectivity index (χ1n) is 19.9. The Morgan fingerprint density at radius 1 is 0.500 bits per heavy atom. The van der Waals surface area contributed by atoms with Gasteiger partial charge in [-0.2, -0.15) is 0 Å². The number of pyridine rings is 1. The van der Waals surface area contributed by atoms with E-state index in [9.17, 15) is 0 Å². The van der Waals surface area contributed by atoms with Gasteiger partial charge in [0, 0.05) is 34.1 Å². The molecule has 0 aliphatic heterocycles. The highest BCUT2D eigenvalue weighted by Gasteiger charge is 2.69. The van der Waals surface area contributed by atoms with Gasteiger partial charge in [-0.15, -0.1) is 0 Å². The number of hydrogen-bond donors (Lipinski definition) is 0. The normalized spacial score (nSPS) is 21.6. The summed E-state index contributed by atoms with van der Waals surface area (Å²) in [5.41, 5.74) is 15.7. The minimum Gasteiger partial charge on any atom is -0.248 e. The van der Waals surface area contributed by atoms with Crippen LogP contribution in [0, 0.1) is 11.8 Å². The summed E-state index contributed by atoms with van der Waals surface area (Å²) in [6.45, 7) is 0. The van der Waals surface area contributed by atoms with Crippen molar-refractivity contribution in [3.63, 3.8) is 0 Å². The maximum atomic E-state index is 5.41. The zero-order valence-electron chi connectivity index (χ0n) is 30.7. The van der Waals surface area contributed by atoms with Crippen molar-refractivity contribution in [2.24, 2.45) is 11.8 Å². The summed E-state index contributed by atoms with van der Waals surface area (Å²) < 4.78 is 0. The molecule has 2 bridgehead atoms. The van der Waals surface area contributed by atoms with Gasteiger partial charge in [0.15, 0.2) is 0 Å². The highest BCUT2D eigenvalue weighted by Crippen LogP contribution is 2.78. The van der Waals surface area contributed by atoms with Crippen LogP contribution in [0.15, 0.2) is 211 Å². The van der Waals surface area contributed by atoms with Gasteiger partial charge in [-0.1, -0.05) is 170 Å². The van der Waals surface area contributed by atoms with E-state index in [1.54, 1.807) is 5.57 Å². The predicted octanol–water partition coefficient (Wildman–Crippen LogP) is 13.6. The van der Waals surface area contributed by atoms with Crippen molar-refractivity contribution in [1.29, 1.82) is 0 Å². The third kappa shape index (κ3) is 4.02. The van der Waals surface area contributed by atoms with Gasteiger partial charge in [-0.05, 0) is 107 Å². The smallest absolute Gasteiger partial charge is 0.0722 e. The van der Waals surface area contributed by atoms with E-state index in [4.69, 9.17) is 4.98 Å². The van der Waals surface area contributed by atoms with E-state index in [1.165, 1.54) is 82.2 Å². The summed E-state index contributed by atoms with van der Waals surface area (Å²) in [6, 6.07) is 67.5. The quantitative estimate of drug-likeness (QED) is 0.162. The molecular formula is C55H35N. The molecule has 0 radical (unpaired) electrons. The monoisotopic (exact) mass is 709 g/mol. The lowest BCUT2D eigenvalue weighted by Crippen LogP contribution is -2.41. The summed E-state index contributed by atoms with van der Waals surface area (Å²) >= 11 is 0. The Hall–Kier alpha value is -6.83. The van der Waals surface area contributed by atoms with Crippen LogP contribution in [0.2, 0.25) is 0 Å². The van der Waals surface area contributed by atoms with E-state index in [0.29, 0.717) is 17.8 Å². The molecule has 1 saturated carbocycles. The van der Waals surface area contributed by atoms with Crippen molar-refractivity contribution in [2.45, 2.75) is 11.3 Å². The first kappa shape index (κ1) is 30.5. The highest BCUT2D eigenvalue weighted by atomic mass is 14.7. The Kier molecular flexibility index (Phi) is 6.06. The molecule has 0 amide bonds. The molecule has 1 nitrogen and oxygen atoms in total. The van der Waals surface area contributed by atoms with Crippen LogP contribution in [-0.2, 0) is 5.41 Å². The van der Waals surface area contributed by atoms with Gasteiger partial charge in [0.05, 0.1) is 11.2 Å². The van der Waals surface area contributed by atoms with Gasteiger partial charge in [0.1, 0.15) is 0 Å². The maximum Gasteiger partial charge on any atom is 0.0722 e. The van der Waals surface area contributed by atoms with Crippen molar-refractivity contribution in [2.75, 3.05) is 0 Å². The third-order valence-electron chi connectivity index (χ3n) is 13.6. The zero-order chi connectivity index (χ0) is 36.5. The molecule has 56 heavy (non-hydrogen) atoms. The highest BCUT2D eigenvalue weighted by molar-refractivity contribution is 6.14. The number of fused-ring (bicyclic) bond motifs is 6. The standard InChI is InChI=1S/C55H35N/c1-2-13-35(14-3-1)44-31-49(56-48-26-25-36-15-8-9-20-43(36)52(44)48)39-18-10-19-42(29-39)55-32-46-50(40-23-21-33-11-4-6-16-37(33)27-40)45-30-47(55)53(45)51(54(46)55)41-24-22-34-12-5-7-17-38(34)28-41/h1-32,51,53-54H. The SMILES string of the molecule is C1=C2C(c3ccc4ccccc4c3)=C3C=C4C3C(c3ccc5ccccc5c3)C2C14c1cccc(-c2cc(-c3ccccc3)c3c(ccc4ccccc43)n2)c1. The topological polar surface area (TPSA) is 12.9 Å². The molecule has 260 valence electrons. The maximum absolute atomic E-state index is 5.41. The van der Waals surface area contributed by atoms with Crippen molar-refractivity contribution in [3.8, 4) is 22.4 Å². The van der Waals surface area contributed by atoms with Crippen molar-refractivity contribution in [3.05, 3.63) is 228 Å². The minimum absolute atomic E-state index is 0.149. The summed E-state index contributed by atoms with van der Waals surface area (Å²) in [7, 11) is 0. The molecule has 13 rings (SSSR count). The number of aromatic nitrogens is 1. The molecule has 1 heteroatoms. The van der Waals surface area contributed by atoms with Crippen LogP contribution in [-0.4, -0.2) is 4.98 Å². The summed E-state index contributed by atoms with van der Waals surface area (Å²) in [5.74, 6) is 1.16. The Balaban J connectivity index is 0.995. The van der Waals surface area contributed by atoms with Gasteiger partial charge in [-0.3, -0.25) is 0 Å². The molecule has 4 unspecified atom stereocenters.